The lowest BCUT2D eigenvalue weighted by atomic mass is 10.0. The molecule has 1 aromatic heterocycles. The van der Waals surface area contributed by atoms with Gasteiger partial charge in [0.2, 0.25) is 5.75 Å². The molecule has 0 saturated heterocycles. The van der Waals surface area contributed by atoms with E-state index in [4.69, 9.17) is 4.74 Å². The molecular weight excluding hydrogens is 256 g/mol. The van der Waals surface area contributed by atoms with Crippen LogP contribution in [0.2, 0.25) is 0 Å². The van der Waals surface area contributed by atoms with Crippen molar-refractivity contribution in [2.24, 2.45) is 0 Å². The standard InChI is InChI=1S/C14H24N4O2/c1-4-15-12-11(20-3)13(17-10-16-12)18(2)9-14(19)7-5-6-8-14/h10,19H,4-9H2,1-3H3,(H,15,16,17). The summed E-state index contributed by atoms with van der Waals surface area (Å²) in [5.41, 5.74) is -0.608. The Morgan fingerprint density at radius 2 is 2.10 bits per heavy atom. The molecule has 2 N–H and O–H groups in total. The van der Waals surface area contributed by atoms with Gasteiger partial charge in [-0.1, -0.05) is 12.8 Å². The number of methoxy groups -OCH3 is 1. The van der Waals surface area contributed by atoms with Crippen molar-refractivity contribution in [3.63, 3.8) is 0 Å². The first-order valence-electron chi connectivity index (χ1n) is 7.16. The minimum atomic E-state index is -0.608. The average Bonchev–Trinajstić information content (AvgIpc) is 2.85. The van der Waals surface area contributed by atoms with Crippen molar-refractivity contribution in [2.45, 2.75) is 38.2 Å². The van der Waals surface area contributed by atoms with E-state index >= 15 is 0 Å². The van der Waals surface area contributed by atoms with Gasteiger partial charge in [-0.05, 0) is 19.8 Å². The van der Waals surface area contributed by atoms with Gasteiger partial charge in [-0.15, -0.1) is 0 Å². The van der Waals surface area contributed by atoms with Crippen molar-refractivity contribution in [1.82, 2.24) is 9.97 Å². The number of likely N-dealkylation sites (N-methyl/N-ethyl adjacent to an activating group) is 1. The Bertz CT molecular complexity index is 447. The lowest BCUT2D eigenvalue weighted by Gasteiger charge is -2.30. The number of aromatic nitrogens is 2. The van der Waals surface area contributed by atoms with E-state index in [0.29, 0.717) is 23.9 Å². The van der Waals surface area contributed by atoms with Crippen molar-refractivity contribution in [2.75, 3.05) is 37.5 Å². The molecule has 0 amide bonds. The maximum Gasteiger partial charge on any atom is 0.204 e. The minimum Gasteiger partial charge on any atom is -0.490 e. The van der Waals surface area contributed by atoms with Gasteiger partial charge in [0.25, 0.3) is 0 Å². The van der Waals surface area contributed by atoms with Crippen LogP contribution in [0.15, 0.2) is 6.33 Å². The molecule has 20 heavy (non-hydrogen) atoms. The Morgan fingerprint density at radius 1 is 1.40 bits per heavy atom. The molecule has 0 aliphatic heterocycles. The summed E-state index contributed by atoms with van der Waals surface area (Å²) in [6.45, 7) is 3.33. The highest BCUT2D eigenvalue weighted by Gasteiger charge is 2.33. The summed E-state index contributed by atoms with van der Waals surface area (Å²) in [7, 11) is 3.54. The van der Waals surface area contributed by atoms with Crippen LogP contribution in [0.4, 0.5) is 11.6 Å². The van der Waals surface area contributed by atoms with E-state index < -0.39 is 5.60 Å². The average molecular weight is 280 g/mol. The first kappa shape index (κ1) is 14.8. The van der Waals surface area contributed by atoms with E-state index in [1.165, 1.54) is 6.33 Å². The Hall–Kier alpha value is -1.56. The Labute approximate surface area is 120 Å². The molecule has 6 heteroatoms. The van der Waals surface area contributed by atoms with Gasteiger partial charge in [0.05, 0.1) is 12.7 Å². The van der Waals surface area contributed by atoms with Crippen LogP contribution in [0.3, 0.4) is 0 Å². The molecule has 0 atom stereocenters. The maximum atomic E-state index is 10.5. The quantitative estimate of drug-likeness (QED) is 0.826. The van der Waals surface area contributed by atoms with E-state index in [0.717, 1.165) is 32.2 Å². The van der Waals surface area contributed by atoms with Gasteiger partial charge < -0.3 is 20.1 Å². The third-order valence-corrected chi connectivity index (χ3v) is 3.76. The zero-order valence-corrected chi connectivity index (χ0v) is 12.5. The van der Waals surface area contributed by atoms with E-state index in [2.05, 4.69) is 15.3 Å². The van der Waals surface area contributed by atoms with Crippen LogP contribution < -0.4 is 15.0 Å². The van der Waals surface area contributed by atoms with Gasteiger partial charge in [0.1, 0.15) is 6.33 Å². The molecule has 0 unspecified atom stereocenters. The fourth-order valence-electron chi connectivity index (χ4n) is 2.83. The second kappa shape index (κ2) is 6.26. The Balaban J connectivity index is 2.20. The van der Waals surface area contributed by atoms with Crippen LogP contribution in [0.1, 0.15) is 32.6 Å². The fraction of sp³-hybridized carbons (Fsp3) is 0.714. The van der Waals surface area contributed by atoms with Crippen molar-refractivity contribution in [3.8, 4) is 5.75 Å². The SMILES string of the molecule is CCNc1ncnc(N(C)CC2(O)CCCC2)c1OC. The van der Waals surface area contributed by atoms with Crippen molar-refractivity contribution in [3.05, 3.63) is 6.33 Å². The summed E-state index contributed by atoms with van der Waals surface area (Å²) in [6, 6.07) is 0. The molecule has 0 spiro atoms. The molecule has 1 aromatic rings. The second-order valence-electron chi connectivity index (χ2n) is 5.40. The largest absolute Gasteiger partial charge is 0.490 e. The number of aliphatic hydroxyl groups is 1. The lowest BCUT2D eigenvalue weighted by Crippen LogP contribution is -2.39. The number of hydrogen-bond donors (Lipinski definition) is 2. The Kier molecular flexibility index (Phi) is 4.65. The van der Waals surface area contributed by atoms with Crippen LogP contribution in [-0.2, 0) is 0 Å². The first-order chi connectivity index (χ1) is 9.59. The van der Waals surface area contributed by atoms with Crippen LogP contribution in [0.5, 0.6) is 5.75 Å². The van der Waals surface area contributed by atoms with Gasteiger partial charge >= 0.3 is 0 Å². The van der Waals surface area contributed by atoms with E-state index in [1.807, 2.05) is 18.9 Å². The van der Waals surface area contributed by atoms with Crippen molar-refractivity contribution < 1.29 is 9.84 Å². The first-order valence-corrected chi connectivity index (χ1v) is 7.16. The number of nitrogens with zero attached hydrogens (tertiary/aromatic N) is 3. The zero-order valence-electron chi connectivity index (χ0n) is 12.5. The van der Waals surface area contributed by atoms with Gasteiger partial charge in [0.15, 0.2) is 11.6 Å². The molecule has 6 nitrogen and oxygen atoms in total. The molecule has 1 aliphatic carbocycles. The number of anilines is 2. The highest BCUT2D eigenvalue weighted by atomic mass is 16.5. The fourth-order valence-corrected chi connectivity index (χ4v) is 2.83. The third-order valence-electron chi connectivity index (χ3n) is 3.76. The van der Waals surface area contributed by atoms with Crippen LogP contribution in [-0.4, -0.2) is 47.9 Å². The highest BCUT2D eigenvalue weighted by Crippen LogP contribution is 2.35. The van der Waals surface area contributed by atoms with Gasteiger partial charge in [-0.3, -0.25) is 0 Å². The van der Waals surface area contributed by atoms with E-state index in [1.54, 1.807) is 7.11 Å². The maximum absolute atomic E-state index is 10.5. The van der Waals surface area contributed by atoms with Gasteiger partial charge in [0, 0.05) is 20.1 Å². The normalized spacial score (nSPS) is 17.0. The predicted octanol–water partition coefficient (Wildman–Crippen LogP) is 1.66. The molecule has 1 fully saturated rings. The summed E-state index contributed by atoms with van der Waals surface area (Å²) in [4.78, 5) is 10.5. The van der Waals surface area contributed by atoms with Crippen LogP contribution >= 0.6 is 0 Å². The highest BCUT2D eigenvalue weighted by molar-refractivity contribution is 5.64. The van der Waals surface area contributed by atoms with E-state index in [-0.39, 0.29) is 0 Å². The summed E-state index contributed by atoms with van der Waals surface area (Å²) >= 11 is 0. The van der Waals surface area contributed by atoms with Crippen molar-refractivity contribution >= 4 is 11.6 Å². The third kappa shape index (κ3) is 3.12. The van der Waals surface area contributed by atoms with Crippen LogP contribution in [0.25, 0.3) is 0 Å². The number of ether oxygens (including phenoxy) is 1. The molecule has 1 saturated carbocycles. The molecule has 0 radical (unpaired) electrons. The van der Waals surface area contributed by atoms with Gasteiger partial charge in [-0.25, -0.2) is 9.97 Å². The monoisotopic (exact) mass is 280 g/mol. The summed E-state index contributed by atoms with van der Waals surface area (Å²) in [5, 5.41) is 13.7. The summed E-state index contributed by atoms with van der Waals surface area (Å²) in [5.74, 6) is 2.02. The Morgan fingerprint density at radius 3 is 2.70 bits per heavy atom. The predicted molar refractivity (Wildman–Crippen MR) is 79.4 cm³/mol. The topological polar surface area (TPSA) is 70.5 Å². The number of hydrogen-bond acceptors (Lipinski definition) is 6. The smallest absolute Gasteiger partial charge is 0.204 e. The van der Waals surface area contributed by atoms with Crippen LogP contribution in [0, 0.1) is 0 Å². The molecule has 2 rings (SSSR count). The zero-order chi connectivity index (χ0) is 14.6. The second-order valence-corrected chi connectivity index (χ2v) is 5.40. The molecule has 1 heterocycles. The number of rotatable bonds is 6. The summed E-state index contributed by atoms with van der Waals surface area (Å²) < 4.78 is 5.44. The molecular formula is C14H24N4O2. The summed E-state index contributed by atoms with van der Waals surface area (Å²) in [6.07, 6.45) is 5.41. The number of nitrogens with one attached hydrogen (secondary N) is 1. The lowest BCUT2D eigenvalue weighted by molar-refractivity contribution is 0.0557. The molecule has 0 aromatic carbocycles. The van der Waals surface area contributed by atoms with Crippen molar-refractivity contribution in [1.29, 1.82) is 0 Å². The molecule has 112 valence electrons. The molecule has 0 bridgehead atoms. The minimum absolute atomic E-state index is 0.561. The molecule has 1 aliphatic rings. The van der Waals surface area contributed by atoms with Gasteiger partial charge in [-0.2, -0.15) is 0 Å². The van der Waals surface area contributed by atoms with E-state index in [9.17, 15) is 5.11 Å².